The molecule has 0 radical (unpaired) electrons. The first-order chi connectivity index (χ1) is 22.9. The van der Waals surface area contributed by atoms with Crippen LogP contribution in [0.25, 0.3) is 65.6 Å². The third-order valence-electron chi connectivity index (χ3n) is 10.8. The molecule has 0 atom stereocenters. The zero-order chi connectivity index (χ0) is 29.7. The first-order valence-corrected chi connectivity index (χ1v) is 16.1. The molecular weight excluding hydrogens is 557 g/mol. The van der Waals surface area contributed by atoms with Crippen molar-refractivity contribution in [1.82, 2.24) is 8.97 Å². The summed E-state index contributed by atoms with van der Waals surface area (Å²) in [5, 5.41) is 7.91. The van der Waals surface area contributed by atoms with E-state index in [1.54, 1.807) is 0 Å². The van der Waals surface area contributed by atoms with E-state index < -0.39 is 0 Å². The zero-order valence-corrected chi connectivity index (χ0v) is 24.8. The normalized spacial score (nSPS) is 13.6. The van der Waals surface area contributed by atoms with Gasteiger partial charge in [0.05, 0.1) is 22.1 Å². The van der Waals surface area contributed by atoms with Crippen LogP contribution in [0, 0.1) is 0 Å². The first-order valence-electron chi connectivity index (χ1n) is 16.1. The minimum atomic E-state index is 0.156. The van der Waals surface area contributed by atoms with E-state index in [2.05, 4.69) is 159 Å². The fourth-order valence-corrected chi connectivity index (χ4v) is 9.12. The largest absolute Gasteiger partial charge is 0.311 e. The van der Waals surface area contributed by atoms with E-state index in [4.69, 9.17) is 0 Å². The Hall–Kier alpha value is -6.00. The molecule has 2 aliphatic heterocycles. The Balaban J connectivity index is 1.27. The summed E-state index contributed by atoms with van der Waals surface area (Å²) in [7, 11) is 0. The molecule has 0 amide bonds. The monoisotopic (exact) mass is 581 g/mol. The van der Waals surface area contributed by atoms with Crippen molar-refractivity contribution in [2.75, 3.05) is 4.90 Å². The summed E-state index contributed by atoms with van der Waals surface area (Å²) in [6, 6.07) is 54.2. The summed E-state index contributed by atoms with van der Waals surface area (Å²) < 4.78 is 5.07. The van der Waals surface area contributed by atoms with Crippen LogP contribution in [0.1, 0.15) is 0 Å². The summed E-state index contributed by atoms with van der Waals surface area (Å²) in [5.41, 5.74) is 15.5. The molecule has 0 saturated heterocycles. The van der Waals surface area contributed by atoms with E-state index in [0.29, 0.717) is 0 Å². The molecule has 0 spiro atoms. The number of benzene rings is 7. The van der Waals surface area contributed by atoms with Crippen LogP contribution in [0.2, 0.25) is 0 Å². The van der Waals surface area contributed by atoms with Gasteiger partial charge in [-0.3, -0.25) is 0 Å². The van der Waals surface area contributed by atoms with Gasteiger partial charge in [0, 0.05) is 60.6 Å². The Morgan fingerprint density at radius 1 is 0.391 bits per heavy atom. The third-order valence-corrected chi connectivity index (χ3v) is 10.8. The highest BCUT2D eigenvalue weighted by molar-refractivity contribution is 7.00. The second-order valence-electron chi connectivity index (χ2n) is 12.9. The maximum absolute atomic E-state index is 2.57. The Morgan fingerprint density at radius 2 is 1.02 bits per heavy atom. The predicted molar refractivity (Wildman–Crippen MR) is 195 cm³/mol. The number of fused-ring (bicyclic) bond motifs is 13. The molecule has 0 aliphatic carbocycles. The average molecular weight is 581 g/mol. The van der Waals surface area contributed by atoms with Gasteiger partial charge in [-0.1, -0.05) is 97.1 Å². The molecule has 210 valence electrons. The Labute approximate surface area is 264 Å². The van der Waals surface area contributed by atoms with Gasteiger partial charge in [-0.15, -0.1) is 0 Å². The van der Waals surface area contributed by atoms with Crippen molar-refractivity contribution in [2.45, 2.75) is 0 Å². The predicted octanol–water partition coefficient (Wildman–Crippen LogP) is 8.55. The maximum Gasteiger partial charge on any atom is 0.252 e. The number of anilines is 3. The van der Waals surface area contributed by atoms with Crippen molar-refractivity contribution in [3.05, 3.63) is 146 Å². The van der Waals surface area contributed by atoms with Crippen LogP contribution in [-0.4, -0.2) is 15.7 Å². The smallest absolute Gasteiger partial charge is 0.252 e. The van der Waals surface area contributed by atoms with Gasteiger partial charge in [-0.05, 0) is 64.9 Å². The molecule has 2 aliphatic rings. The quantitative estimate of drug-likeness (QED) is 0.177. The van der Waals surface area contributed by atoms with Gasteiger partial charge in [0.25, 0.3) is 6.71 Å². The lowest BCUT2D eigenvalue weighted by Gasteiger charge is -2.40. The summed E-state index contributed by atoms with van der Waals surface area (Å²) in [4.78, 5) is 2.46. The Kier molecular flexibility index (Phi) is 4.06. The number of aromatic nitrogens is 2. The van der Waals surface area contributed by atoms with Crippen LogP contribution in [-0.2, 0) is 0 Å². The van der Waals surface area contributed by atoms with Crippen molar-refractivity contribution in [2.24, 2.45) is 0 Å². The average Bonchev–Trinajstić information content (AvgIpc) is 3.75. The van der Waals surface area contributed by atoms with E-state index >= 15 is 0 Å². The standard InChI is InChI=1S/C42H24BN3/c1-2-11-25(12-3-1)44-35-20-7-5-17-32(35)43-33-18-9-16-29-31-23-30-28-15-8-14-27-26-13-4-6-19-34(26)45(41(27)28)38(30)24-39(31)46(42(29)33)37-22-10-21-36(44)40(37)43/h1-24H. The van der Waals surface area contributed by atoms with Gasteiger partial charge in [0.2, 0.25) is 0 Å². The Bertz CT molecular complexity index is 2930. The van der Waals surface area contributed by atoms with Crippen LogP contribution in [0.4, 0.5) is 17.1 Å². The van der Waals surface area contributed by atoms with Crippen LogP contribution in [0.3, 0.4) is 0 Å². The number of hydrogen-bond acceptors (Lipinski definition) is 1. The van der Waals surface area contributed by atoms with Crippen molar-refractivity contribution in [3.8, 4) is 5.69 Å². The topological polar surface area (TPSA) is 12.6 Å². The van der Waals surface area contributed by atoms with Gasteiger partial charge in [-0.2, -0.15) is 0 Å². The molecule has 3 aromatic heterocycles. The minimum Gasteiger partial charge on any atom is -0.311 e. The third kappa shape index (κ3) is 2.58. The van der Waals surface area contributed by atoms with E-state index in [0.717, 1.165) is 0 Å². The summed E-state index contributed by atoms with van der Waals surface area (Å²) >= 11 is 0. The lowest BCUT2D eigenvalue weighted by Crippen LogP contribution is -2.60. The van der Waals surface area contributed by atoms with Gasteiger partial charge >= 0.3 is 0 Å². The fourth-order valence-electron chi connectivity index (χ4n) is 9.12. The molecule has 12 rings (SSSR count). The molecule has 46 heavy (non-hydrogen) atoms. The molecule has 10 aromatic rings. The molecule has 0 fully saturated rings. The molecular formula is C42H24BN3. The Morgan fingerprint density at radius 3 is 1.93 bits per heavy atom. The van der Waals surface area contributed by atoms with E-state index in [1.165, 1.54) is 99.0 Å². The van der Waals surface area contributed by atoms with Crippen LogP contribution in [0.15, 0.2) is 146 Å². The fraction of sp³-hybridized carbons (Fsp3) is 0. The molecule has 0 unspecified atom stereocenters. The lowest BCUT2D eigenvalue weighted by molar-refractivity contribution is 1.18. The van der Waals surface area contributed by atoms with Crippen molar-refractivity contribution < 1.29 is 0 Å². The lowest BCUT2D eigenvalue weighted by atomic mass is 9.34. The van der Waals surface area contributed by atoms with Gasteiger partial charge < -0.3 is 13.9 Å². The number of hydrogen-bond donors (Lipinski definition) is 0. The van der Waals surface area contributed by atoms with Crippen molar-refractivity contribution in [1.29, 1.82) is 0 Å². The second-order valence-corrected chi connectivity index (χ2v) is 12.9. The highest BCUT2D eigenvalue weighted by Gasteiger charge is 2.41. The van der Waals surface area contributed by atoms with Crippen LogP contribution in [0.5, 0.6) is 0 Å². The number of rotatable bonds is 1. The number of para-hydroxylation sites is 5. The highest BCUT2D eigenvalue weighted by Crippen LogP contribution is 2.44. The minimum absolute atomic E-state index is 0.156. The maximum atomic E-state index is 2.57. The summed E-state index contributed by atoms with van der Waals surface area (Å²) in [6.07, 6.45) is 0. The molecule has 7 aromatic carbocycles. The molecule has 0 bridgehead atoms. The van der Waals surface area contributed by atoms with Gasteiger partial charge in [0.15, 0.2) is 0 Å². The van der Waals surface area contributed by atoms with E-state index in [9.17, 15) is 0 Å². The number of nitrogens with zero attached hydrogens (tertiary/aromatic N) is 3. The van der Waals surface area contributed by atoms with E-state index in [1.807, 2.05) is 0 Å². The summed E-state index contributed by atoms with van der Waals surface area (Å²) in [5.74, 6) is 0. The zero-order valence-electron chi connectivity index (χ0n) is 24.8. The van der Waals surface area contributed by atoms with Gasteiger partial charge in [-0.25, -0.2) is 0 Å². The molecule has 5 heterocycles. The SMILES string of the molecule is c1ccc(N2c3ccccc3B3c4c2cccc4-n2c4cc5c(cc4c4cccc3c42)c2cccc3c4ccccc4n5c32)cc1. The van der Waals surface area contributed by atoms with Crippen LogP contribution >= 0.6 is 0 Å². The van der Waals surface area contributed by atoms with Crippen molar-refractivity contribution >= 4 is 100 Å². The van der Waals surface area contributed by atoms with Crippen molar-refractivity contribution in [3.63, 3.8) is 0 Å². The highest BCUT2D eigenvalue weighted by atomic mass is 15.2. The van der Waals surface area contributed by atoms with Gasteiger partial charge in [0.1, 0.15) is 0 Å². The van der Waals surface area contributed by atoms with E-state index in [-0.39, 0.29) is 6.71 Å². The summed E-state index contributed by atoms with van der Waals surface area (Å²) in [6.45, 7) is 0.156. The first kappa shape index (κ1) is 23.4. The molecule has 0 saturated carbocycles. The molecule has 3 nitrogen and oxygen atoms in total. The van der Waals surface area contributed by atoms with Crippen LogP contribution < -0.4 is 21.3 Å². The molecule has 0 N–H and O–H groups in total. The second kappa shape index (κ2) is 7.98. The molecule has 4 heteroatoms.